The fourth-order valence-corrected chi connectivity index (χ4v) is 3.17. The van der Waals surface area contributed by atoms with Gasteiger partial charge in [0, 0.05) is 5.02 Å². The number of carboxylic acids is 1. The minimum atomic E-state index is -4.94. The van der Waals surface area contributed by atoms with Crippen molar-refractivity contribution in [3.8, 4) is 0 Å². The fourth-order valence-electron chi connectivity index (χ4n) is 1.52. The molecule has 1 atom stereocenters. The number of alkyl halides is 3. The molecule has 5 nitrogen and oxygen atoms in total. The highest BCUT2D eigenvalue weighted by atomic mass is 35.5. The van der Waals surface area contributed by atoms with E-state index in [0.29, 0.717) is 12.1 Å². The molecule has 0 bridgehead atoms. The van der Waals surface area contributed by atoms with Gasteiger partial charge in [-0.1, -0.05) is 18.5 Å². The molecule has 1 aromatic carbocycles. The molecule has 0 spiro atoms. The molecule has 0 saturated heterocycles. The van der Waals surface area contributed by atoms with Crippen LogP contribution in [-0.4, -0.2) is 25.5 Å². The summed E-state index contributed by atoms with van der Waals surface area (Å²) in [5.74, 6) is -1.48. The second-order valence-corrected chi connectivity index (χ2v) is 6.18. The van der Waals surface area contributed by atoms with Gasteiger partial charge in [-0.3, -0.25) is 4.79 Å². The lowest BCUT2D eigenvalue weighted by Crippen LogP contribution is -2.40. The molecule has 118 valence electrons. The molecule has 0 aliphatic rings. The van der Waals surface area contributed by atoms with E-state index in [-0.39, 0.29) is 11.4 Å². The smallest absolute Gasteiger partial charge is 0.417 e. The van der Waals surface area contributed by atoms with Gasteiger partial charge in [-0.2, -0.15) is 17.9 Å². The van der Waals surface area contributed by atoms with Gasteiger partial charge < -0.3 is 5.11 Å². The summed E-state index contributed by atoms with van der Waals surface area (Å²) < 4.78 is 64.3. The summed E-state index contributed by atoms with van der Waals surface area (Å²) in [6.45, 7) is 1.38. The van der Waals surface area contributed by atoms with Crippen LogP contribution in [0.3, 0.4) is 0 Å². The molecule has 1 rings (SSSR count). The average Bonchev–Trinajstić information content (AvgIpc) is 2.34. The van der Waals surface area contributed by atoms with E-state index in [9.17, 15) is 26.4 Å². The van der Waals surface area contributed by atoms with Crippen LogP contribution in [0.2, 0.25) is 5.02 Å². The lowest BCUT2D eigenvalue weighted by molar-refractivity contribution is -0.140. The number of hydrogen-bond donors (Lipinski definition) is 2. The topological polar surface area (TPSA) is 83.5 Å². The maximum Gasteiger partial charge on any atom is 0.417 e. The van der Waals surface area contributed by atoms with E-state index in [1.165, 1.54) is 6.92 Å². The quantitative estimate of drug-likeness (QED) is 0.859. The number of benzene rings is 1. The van der Waals surface area contributed by atoms with Crippen LogP contribution in [-0.2, 0) is 21.0 Å². The van der Waals surface area contributed by atoms with Crippen LogP contribution < -0.4 is 4.72 Å². The molecule has 0 radical (unpaired) electrons. The van der Waals surface area contributed by atoms with Gasteiger partial charge in [-0.25, -0.2) is 8.42 Å². The van der Waals surface area contributed by atoms with Crippen molar-refractivity contribution in [2.45, 2.75) is 30.5 Å². The minimum absolute atomic E-state index is 0.122. The average molecular weight is 346 g/mol. The first-order valence-corrected chi connectivity index (χ1v) is 7.47. The Balaban J connectivity index is 3.35. The Bertz CT molecular complexity index is 645. The van der Waals surface area contributed by atoms with Crippen molar-refractivity contribution in [2.24, 2.45) is 0 Å². The predicted molar refractivity (Wildman–Crippen MR) is 68.5 cm³/mol. The number of rotatable bonds is 5. The second-order valence-electron chi connectivity index (χ2n) is 4.06. The van der Waals surface area contributed by atoms with Gasteiger partial charge in [0.25, 0.3) is 0 Å². The number of aliphatic carboxylic acids is 1. The summed E-state index contributed by atoms with van der Waals surface area (Å²) in [6, 6.07) is 0.610. The van der Waals surface area contributed by atoms with Gasteiger partial charge in [-0.15, -0.1) is 0 Å². The highest BCUT2D eigenvalue weighted by Gasteiger charge is 2.38. The maximum atomic E-state index is 12.9. The Morgan fingerprint density at radius 3 is 2.43 bits per heavy atom. The molecular formula is C11H11ClF3NO4S. The Morgan fingerprint density at radius 1 is 1.43 bits per heavy atom. The molecule has 2 N–H and O–H groups in total. The van der Waals surface area contributed by atoms with Gasteiger partial charge in [0.2, 0.25) is 10.0 Å². The van der Waals surface area contributed by atoms with Crippen LogP contribution in [0.15, 0.2) is 23.1 Å². The Kier molecular flexibility index (Phi) is 5.24. The number of nitrogens with one attached hydrogen (secondary N) is 1. The summed E-state index contributed by atoms with van der Waals surface area (Å²) >= 11 is 5.45. The van der Waals surface area contributed by atoms with E-state index in [1.54, 1.807) is 4.72 Å². The van der Waals surface area contributed by atoms with Crippen molar-refractivity contribution in [3.63, 3.8) is 0 Å². The van der Waals surface area contributed by atoms with Gasteiger partial charge in [0.05, 0.1) is 10.5 Å². The first-order chi connectivity index (χ1) is 9.49. The zero-order valence-corrected chi connectivity index (χ0v) is 12.2. The largest absolute Gasteiger partial charge is 0.480 e. The van der Waals surface area contributed by atoms with Gasteiger partial charge >= 0.3 is 12.1 Å². The molecule has 0 aliphatic carbocycles. The van der Waals surface area contributed by atoms with E-state index in [4.69, 9.17) is 16.7 Å². The molecule has 0 unspecified atom stereocenters. The number of halogens is 4. The van der Waals surface area contributed by atoms with Crippen molar-refractivity contribution in [3.05, 3.63) is 28.8 Å². The summed E-state index contributed by atoms with van der Waals surface area (Å²) in [6.07, 6.45) is -5.07. The first kappa shape index (κ1) is 17.7. The minimum Gasteiger partial charge on any atom is -0.480 e. The van der Waals surface area contributed by atoms with E-state index < -0.39 is 38.7 Å². The third kappa shape index (κ3) is 4.32. The van der Waals surface area contributed by atoms with E-state index in [0.717, 1.165) is 6.07 Å². The molecule has 0 fully saturated rings. The Labute approximate surface area is 123 Å². The van der Waals surface area contributed by atoms with Crippen LogP contribution in [0.1, 0.15) is 18.9 Å². The molecule has 0 aromatic heterocycles. The van der Waals surface area contributed by atoms with Crippen molar-refractivity contribution >= 4 is 27.6 Å². The van der Waals surface area contributed by atoms with Gasteiger partial charge in [0.15, 0.2) is 0 Å². The zero-order chi connectivity index (χ0) is 16.4. The number of sulfonamides is 1. The van der Waals surface area contributed by atoms with Crippen LogP contribution in [0.25, 0.3) is 0 Å². The molecule has 0 saturated carbocycles. The van der Waals surface area contributed by atoms with Crippen molar-refractivity contribution in [2.75, 3.05) is 0 Å². The predicted octanol–water partition coefficient (Wildman–Crippen LogP) is 2.50. The van der Waals surface area contributed by atoms with Gasteiger partial charge in [0.1, 0.15) is 6.04 Å². The molecule has 21 heavy (non-hydrogen) atoms. The number of hydrogen-bond acceptors (Lipinski definition) is 3. The summed E-state index contributed by atoms with van der Waals surface area (Å²) in [5, 5.41) is 8.50. The highest BCUT2D eigenvalue weighted by Crippen LogP contribution is 2.35. The number of carbonyl (C=O) groups is 1. The van der Waals surface area contributed by atoms with Crippen LogP contribution in [0.5, 0.6) is 0 Å². The SMILES string of the molecule is CC[C@H](NS(=O)(=O)c1ccc(Cl)cc1C(F)(F)F)C(=O)O. The molecule has 10 heteroatoms. The van der Waals surface area contributed by atoms with Gasteiger partial charge in [-0.05, 0) is 24.6 Å². The van der Waals surface area contributed by atoms with Crippen molar-refractivity contribution in [1.29, 1.82) is 0 Å². The third-order valence-electron chi connectivity index (χ3n) is 2.54. The van der Waals surface area contributed by atoms with E-state index in [1.807, 2.05) is 0 Å². The monoisotopic (exact) mass is 345 g/mol. The van der Waals surface area contributed by atoms with Crippen LogP contribution in [0.4, 0.5) is 13.2 Å². The molecule has 1 aromatic rings. The summed E-state index contributed by atoms with van der Waals surface area (Å²) in [4.78, 5) is 9.73. The molecule has 0 heterocycles. The normalized spacial score (nSPS) is 14.0. The Morgan fingerprint density at radius 2 is 2.00 bits per heavy atom. The molecule has 0 aliphatic heterocycles. The standard InChI is InChI=1S/C11H11ClF3NO4S/c1-2-8(10(17)18)16-21(19,20)9-4-3-6(12)5-7(9)11(13,14)15/h3-5,8,16H,2H2,1H3,(H,17,18)/t8-/m0/s1. The second kappa shape index (κ2) is 6.20. The molecular weight excluding hydrogens is 335 g/mol. The van der Waals surface area contributed by atoms with Crippen LogP contribution in [0, 0.1) is 0 Å². The zero-order valence-electron chi connectivity index (χ0n) is 10.6. The maximum absolute atomic E-state index is 12.9. The van der Waals surface area contributed by atoms with Crippen LogP contribution >= 0.6 is 11.6 Å². The van der Waals surface area contributed by atoms with E-state index >= 15 is 0 Å². The van der Waals surface area contributed by atoms with Crippen molar-refractivity contribution in [1.82, 2.24) is 4.72 Å². The lowest BCUT2D eigenvalue weighted by atomic mass is 10.2. The fraction of sp³-hybridized carbons (Fsp3) is 0.364. The third-order valence-corrected chi connectivity index (χ3v) is 4.31. The molecule has 0 amide bonds. The van der Waals surface area contributed by atoms with Crippen molar-refractivity contribution < 1.29 is 31.5 Å². The summed E-state index contributed by atoms with van der Waals surface area (Å²) in [7, 11) is -4.66. The number of carboxylic acid groups (broad SMARTS) is 1. The summed E-state index contributed by atoms with van der Waals surface area (Å²) in [5.41, 5.74) is -1.46. The first-order valence-electron chi connectivity index (χ1n) is 5.61. The lowest BCUT2D eigenvalue weighted by Gasteiger charge is -2.17. The highest BCUT2D eigenvalue weighted by molar-refractivity contribution is 7.89. The van der Waals surface area contributed by atoms with E-state index in [2.05, 4.69) is 0 Å². The Hall–Kier alpha value is -1.32.